The number of imidazole rings is 1. The van der Waals surface area contributed by atoms with Crippen molar-refractivity contribution in [1.82, 2.24) is 9.97 Å². The number of benzene rings is 2. The largest absolute Gasteiger partial charge is 0.323 e. The van der Waals surface area contributed by atoms with Crippen LogP contribution >= 0.6 is 15.9 Å². The van der Waals surface area contributed by atoms with Crippen molar-refractivity contribution in [2.75, 3.05) is 5.32 Å². The Labute approximate surface area is 122 Å². The van der Waals surface area contributed by atoms with E-state index in [4.69, 9.17) is 0 Å². The average molecular weight is 332 g/mol. The zero-order valence-corrected chi connectivity index (χ0v) is 11.8. The van der Waals surface area contributed by atoms with E-state index in [0.717, 1.165) is 4.47 Å². The Bertz CT molecular complexity index is 833. The summed E-state index contributed by atoms with van der Waals surface area (Å²) < 4.78 is 0.938. The monoisotopic (exact) mass is 331 g/mol. The average Bonchev–Trinajstić information content (AvgIpc) is 2.81. The molecular weight excluding hydrogens is 322 g/mol. The quantitative estimate of drug-likeness (QED) is 0.675. The number of anilines is 1. The van der Waals surface area contributed by atoms with Gasteiger partial charge in [0.25, 0.3) is 5.91 Å². The molecule has 0 bridgehead atoms. The topological polar surface area (TPSA) is 77.8 Å². The maximum atomic E-state index is 12.3. The Morgan fingerprint density at radius 2 is 1.80 bits per heavy atom. The van der Waals surface area contributed by atoms with Crippen LogP contribution in [0.2, 0.25) is 0 Å². The molecule has 0 spiro atoms. The number of aromatic amines is 2. The Morgan fingerprint density at radius 3 is 2.55 bits per heavy atom. The standard InChI is InChI=1S/C14H10BrN3O2/c15-8-4-6-9(7-5-8)16-13(19)10-2-1-3-11-12(10)18-14(20)17-11/h1-7H,(H,16,19)(H2,17,18,20). The fourth-order valence-corrected chi connectivity index (χ4v) is 2.24. The Kier molecular flexibility index (Phi) is 3.15. The van der Waals surface area contributed by atoms with Crippen LogP contribution in [0.5, 0.6) is 0 Å². The van der Waals surface area contributed by atoms with Gasteiger partial charge in [0.15, 0.2) is 0 Å². The van der Waals surface area contributed by atoms with Crippen molar-refractivity contribution in [3.05, 3.63) is 63.0 Å². The van der Waals surface area contributed by atoms with Gasteiger partial charge in [0.05, 0.1) is 16.6 Å². The van der Waals surface area contributed by atoms with Gasteiger partial charge in [0.1, 0.15) is 0 Å². The number of para-hydroxylation sites is 1. The van der Waals surface area contributed by atoms with E-state index >= 15 is 0 Å². The van der Waals surface area contributed by atoms with Crippen LogP contribution < -0.4 is 11.0 Å². The number of hydrogen-bond acceptors (Lipinski definition) is 2. The predicted octanol–water partition coefficient (Wildman–Crippen LogP) is 2.87. The fourth-order valence-electron chi connectivity index (χ4n) is 1.98. The highest BCUT2D eigenvalue weighted by Gasteiger charge is 2.12. The molecule has 0 radical (unpaired) electrons. The molecule has 0 fully saturated rings. The van der Waals surface area contributed by atoms with Crippen LogP contribution in [0.15, 0.2) is 51.7 Å². The lowest BCUT2D eigenvalue weighted by atomic mass is 10.1. The van der Waals surface area contributed by atoms with Crippen molar-refractivity contribution in [2.45, 2.75) is 0 Å². The Hall–Kier alpha value is -2.34. The van der Waals surface area contributed by atoms with Gasteiger partial charge in [-0.15, -0.1) is 0 Å². The highest BCUT2D eigenvalue weighted by Crippen LogP contribution is 2.17. The summed E-state index contributed by atoms with van der Waals surface area (Å²) in [7, 11) is 0. The summed E-state index contributed by atoms with van der Waals surface area (Å²) in [4.78, 5) is 28.8. The SMILES string of the molecule is O=C(Nc1ccc(Br)cc1)c1cccc2[nH]c(=O)[nH]c12. The van der Waals surface area contributed by atoms with Gasteiger partial charge < -0.3 is 15.3 Å². The van der Waals surface area contributed by atoms with Crippen molar-refractivity contribution < 1.29 is 4.79 Å². The van der Waals surface area contributed by atoms with E-state index in [9.17, 15) is 9.59 Å². The van der Waals surface area contributed by atoms with Gasteiger partial charge in [0.2, 0.25) is 0 Å². The van der Waals surface area contributed by atoms with Crippen LogP contribution in [0.1, 0.15) is 10.4 Å². The van der Waals surface area contributed by atoms with Gasteiger partial charge in [0, 0.05) is 10.2 Å². The van der Waals surface area contributed by atoms with E-state index in [0.29, 0.717) is 22.3 Å². The third-order valence-electron chi connectivity index (χ3n) is 2.90. The number of fused-ring (bicyclic) bond motifs is 1. The summed E-state index contributed by atoms with van der Waals surface area (Å²) in [5, 5.41) is 2.79. The molecule has 0 saturated heterocycles. The molecule has 0 aliphatic rings. The first-order valence-electron chi connectivity index (χ1n) is 5.91. The summed E-state index contributed by atoms with van der Waals surface area (Å²) in [5.74, 6) is -0.270. The first kappa shape index (κ1) is 12.7. The summed E-state index contributed by atoms with van der Waals surface area (Å²) in [6.45, 7) is 0. The van der Waals surface area contributed by atoms with Crippen LogP contribution in [0.3, 0.4) is 0 Å². The van der Waals surface area contributed by atoms with Gasteiger partial charge in [-0.3, -0.25) is 4.79 Å². The summed E-state index contributed by atoms with van der Waals surface area (Å²) in [5.41, 5.74) is 1.89. The number of rotatable bonds is 2. The number of halogens is 1. The number of nitrogens with one attached hydrogen (secondary N) is 3. The van der Waals surface area contributed by atoms with Crippen LogP contribution in [-0.4, -0.2) is 15.9 Å². The van der Waals surface area contributed by atoms with Gasteiger partial charge in [-0.25, -0.2) is 4.79 Å². The molecule has 0 aliphatic carbocycles. The van der Waals surface area contributed by atoms with Gasteiger partial charge in [-0.1, -0.05) is 22.0 Å². The summed E-state index contributed by atoms with van der Waals surface area (Å²) in [6, 6.07) is 12.4. The van der Waals surface area contributed by atoms with Crippen molar-refractivity contribution in [3.8, 4) is 0 Å². The minimum atomic E-state index is -0.330. The Morgan fingerprint density at radius 1 is 1.05 bits per heavy atom. The molecule has 0 aliphatic heterocycles. The number of amides is 1. The number of carbonyl (C=O) groups is 1. The molecule has 0 unspecified atom stereocenters. The van der Waals surface area contributed by atoms with Crippen LogP contribution in [0.4, 0.5) is 5.69 Å². The first-order chi connectivity index (χ1) is 9.63. The molecule has 2 aromatic carbocycles. The van der Waals surface area contributed by atoms with Crippen LogP contribution in [0, 0.1) is 0 Å². The van der Waals surface area contributed by atoms with E-state index < -0.39 is 0 Å². The Balaban J connectivity index is 1.96. The lowest BCUT2D eigenvalue weighted by Gasteiger charge is -2.06. The number of carbonyl (C=O) groups excluding carboxylic acids is 1. The van der Waals surface area contributed by atoms with Gasteiger partial charge in [-0.2, -0.15) is 0 Å². The minimum absolute atomic E-state index is 0.270. The van der Waals surface area contributed by atoms with Crippen LogP contribution in [0.25, 0.3) is 11.0 Å². The van der Waals surface area contributed by atoms with Gasteiger partial charge >= 0.3 is 5.69 Å². The van der Waals surface area contributed by atoms with Gasteiger partial charge in [-0.05, 0) is 36.4 Å². The number of hydrogen-bond donors (Lipinski definition) is 3. The van der Waals surface area contributed by atoms with E-state index in [1.807, 2.05) is 12.1 Å². The first-order valence-corrected chi connectivity index (χ1v) is 6.71. The molecule has 1 heterocycles. The second-order valence-electron chi connectivity index (χ2n) is 4.27. The zero-order valence-electron chi connectivity index (χ0n) is 10.2. The highest BCUT2D eigenvalue weighted by atomic mass is 79.9. The molecule has 5 nitrogen and oxygen atoms in total. The highest BCUT2D eigenvalue weighted by molar-refractivity contribution is 9.10. The van der Waals surface area contributed by atoms with Crippen molar-refractivity contribution in [1.29, 1.82) is 0 Å². The molecule has 0 atom stereocenters. The predicted molar refractivity (Wildman–Crippen MR) is 81.0 cm³/mol. The smallest absolute Gasteiger partial charge is 0.322 e. The molecule has 100 valence electrons. The molecule has 1 amide bonds. The van der Waals surface area contributed by atoms with Crippen molar-refractivity contribution in [3.63, 3.8) is 0 Å². The third kappa shape index (κ3) is 2.37. The fraction of sp³-hybridized carbons (Fsp3) is 0. The molecule has 3 aromatic rings. The van der Waals surface area contributed by atoms with E-state index in [1.165, 1.54) is 0 Å². The van der Waals surface area contributed by atoms with Crippen LogP contribution in [-0.2, 0) is 0 Å². The van der Waals surface area contributed by atoms with E-state index in [2.05, 4.69) is 31.2 Å². The second kappa shape index (κ2) is 4.97. The van der Waals surface area contributed by atoms with Crippen molar-refractivity contribution in [2.24, 2.45) is 0 Å². The maximum absolute atomic E-state index is 12.3. The molecule has 3 rings (SSSR count). The molecule has 1 aromatic heterocycles. The zero-order chi connectivity index (χ0) is 14.1. The van der Waals surface area contributed by atoms with E-state index in [1.54, 1.807) is 30.3 Å². The number of H-pyrrole nitrogens is 2. The van der Waals surface area contributed by atoms with E-state index in [-0.39, 0.29) is 11.6 Å². The normalized spacial score (nSPS) is 10.7. The lowest BCUT2D eigenvalue weighted by molar-refractivity contribution is 0.102. The molecule has 3 N–H and O–H groups in total. The lowest BCUT2D eigenvalue weighted by Crippen LogP contribution is -2.12. The summed E-state index contributed by atoms with van der Waals surface area (Å²) >= 11 is 3.34. The minimum Gasteiger partial charge on any atom is -0.322 e. The number of aromatic nitrogens is 2. The summed E-state index contributed by atoms with van der Waals surface area (Å²) in [6.07, 6.45) is 0. The molecule has 20 heavy (non-hydrogen) atoms. The third-order valence-corrected chi connectivity index (χ3v) is 3.43. The second-order valence-corrected chi connectivity index (χ2v) is 5.18. The molecule has 6 heteroatoms. The maximum Gasteiger partial charge on any atom is 0.323 e. The molecule has 0 saturated carbocycles. The molecular formula is C14H10BrN3O2. The van der Waals surface area contributed by atoms with Crippen molar-refractivity contribution >= 4 is 38.6 Å².